The Morgan fingerprint density at radius 1 is 1.53 bits per heavy atom. The van der Waals surface area contributed by atoms with E-state index >= 15 is 0 Å². The summed E-state index contributed by atoms with van der Waals surface area (Å²) >= 11 is 0. The number of aliphatic carboxylic acids is 1. The van der Waals surface area contributed by atoms with E-state index in [4.69, 9.17) is 6.42 Å². The molecule has 0 aliphatic heterocycles. The van der Waals surface area contributed by atoms with Crippen molar-refractivity contribution in [3.63, 3.8) is 0 Å². The molecule has 0 aromatic rings. The van der Waals surface area contributed by atoms with E-state index < -0.39 is 11.4 Å². The Balaban J connectivity index is 2.56. The molecular weight excluding hydrogens is 188 g/mol. The Morgan fingerprint density at radius 2 is 2.13 bits per heavy atom. The van der Waals surface area contributed by atoms with Gasteiger partial charge in [-0.25, -0.2) is 0 Å². The van der Waals surface area contributed by atoms with E-state index in [1.54, 1.807) is 0 Å². The van der Waals surface area contributed by atoms with Gasteiger partial charge < -0.3 is 5.11 Å². The van der Waals surface area contributed by atoms with Crippen molar-refractivity contribution in [2.45, 2.75) is 51.9 Å². The van der Waals surface area contributed by atoms with Crippen LogP contribution in [0.5, 0.6) is 0 Å². The second-order valence-electron chi connectivity index (χ2n) is 4.83. The first-order chi connectivity index (χ1) is 7.10. The summed E-state index contributed by atoms with van der Waals surface area (Å²) in [5.41, 5.74) is -0.469. The maximum atomic E-state index is 11.3. The highest BCUT2D eigenvalue weighted by Gasteiger charge is 2.40. The van der Waals surface area contributed by atoms with Crippen LogP contribution in [-0.2, 0) is 4.79 Å². The summed E-state index contributed by atoms with van der Waals surface area (Å²) in [5, 5.41) is 9.32. The fraction of sp³-hybridized carbons (Fsp3) is 0.769. The molecular formula is C13H20O2. The summed E-state index contributed by atoms with van der Waals surface area (Å²) < 4.78 is 0. The van der Waals surface area contributed by atoms with Crippen LogP contribution in [0.2, 0.25) is 0 Å². The van der Waals surface area contributed by atoms with Crippen molar-refractivity contribution >= 4 is 5.97 Å². The van der Waals surface area contributed by atoms with E-state index in [1.807, 2.05) is 0 Å². The van der Waals surface area contributed by atoms with Gasteiger partial charge >= 0.3 is 5.97 Å². The summed E-state index contributed by atoms with van der Waals surface area (Å²) in [7, 11) is 0. The second kappa shape index (κ2) is 5.21. The van der Waals surface area contributed by atoms with E-state index in [-0.39, 0.29) is 0 Å². The highest BCUT2D eigenvalue weighted by atomic mass is 16.4. The first-order valence-corrected chi connectivity index (χ1v) is 5.77. The standard InChI is InChI=1S/C13H20O2/c1-3-4-5-8-13(12(14)15)9-6-11(2)7-10-13/h1,11H,4-10H2,2H3,(H,14,15). The highest BCUT2D eigenvalue weighted by Crippen LogP contribution is 2.42. The maximum absolute atomic E-state index is 11.3. The second-order valence-corrected chi connectivity index (χ2v) is 4.83. The molecule has 2 nitrogen and oxygen atoms in total. The van der Waals surface area contributed by atoms with E-state index in [9.17, 15) is 9.90 Å². The molecule has 15 heavy (non-hydrogen) atoms. The molecule has 0 aromatic heterocycles. The predicted molar refractivity (Wildman–Crippen MR) is 60.4 cm³/mol. The Bertz CT molecular complexity index is 254. The quantitative estimate of drug-likeness (QED) is 0.569. The lowest BCUT2D eigenvalue weighted by molar-refractivity contribution is -0.152. The van der Waals surface area contributed by atoms with Crippen LogP contribution in [0, 0.1) is 23.7 Å². The van der Waals surface area contributed by atoms with Crippen molar-refractivity contribution in [3.8, 4) is 12.3 Å². The zero-order chi connectivity index (χ0) is 11.3. The van der Waals surface area contributed by atoms with Crippen LogP contribution in [0.1, 0.15) is 51.9 Å². The minimum atomic E-state index is -0.619. The molecule has 1 N–H and O–H groups in total. The maximum Gasteiger partial charge on any atom is 0.309 e. The summed E-state index contributed by atoms with van der Waals surface area (Å²) in [6, 6.07) is 0. The molecule has 0 radical (unpaired) electrons. The van der Waals surface area contributed by atoms with Gasteiger partial charge in [-0.05, 0) is 44.4 Å². The van der Waals surface area contributed by atoms with Crippen LogP contribution < -0.4 is 0 Å². The lowest BCUT2D eigenvalue weighted by atomic mass is 9.68. The molecule has 1 fully saturated rings. The fourth-order valence-corrected chi connectivity index (χ4v) is 2.41. The zero-order valence-corrected chi connectivity index (χ0v) is 9.46. The molecule has 1 aliphatic rings. The summed E-state index contributed by atoms with van der Waals surface area (Å²) in [5.74, 6) is 2.65. The normalized spacial score (nSPS) is 30.8. The average Bonchev–Trinajstić information content (AvgIpc) is 2.21. The Hall–Kier alpha value is -0.970. The van der Waals surface area contributed by atoms with E-state index in [2.05, 4.69) is 12.8 Å². The zero-order valence-electron chi connectivity index (χ0n) is 9.46. The Labute approximate surface area is 92.1 Å². The van der Waals surface area contributed by atoms with Crippen LogP contribution in [0.25, 0.3) is 0 Å². The van der Waals surface area contributed by atoms with Gasteiger partial charge in [-0.1, -0.05) is 6.92 Å². The van der Waals surface area contributed by atoms with Gasteiger partial charge in [0.2, 0.25) is 0 Å². The lowest BCUT2D eigenvalue weighted by Gasteiger charge is -2.35. The molecule has 0 saturated heterocycles. The number of carbonyl (C=O) groups is 1. The largest absolute Gasteiger partial charge is 0.481 e. The van der Waals surface area contributed by atoms with Crippen molar-refractivity contribution in [1.82, 2.24) is 0 Å². The van der Waals surface area contributed by atoms with Crippen molar-refractivity contribution in [3.05, 3.63) is 0 Å². The molecule has 0 heterocycles. The van der Waals surface area contributed by atoms with Crippen LogP contribution in [-0.4, -0.2) is 11.1 Å². The van der Waals surface area contributed by atoms with Crippen molar-refractivity contribution in [2.24, 2.45) is 11.3 Å². The van der Waals surface area contributed by atoms with Gasteiger partial charge in [0, 0.05) is 6.42 Å². The van der Waals surface area contributed by atoms with Gasteiger partial charge in [0.05, 0.1) is 5.41 Å². The average molecular weight is 208 g/mol. The van der Waals surface area contributed by atoms with Crippen LogP contribution >= 0.6 is 0 Å². The SMILES string of the molecule is C#CCCCC1(C(=O)O)CCC(C)CC1. The number of rotatable bonds is 4. The van der Waals surface area contributed by atoms with Gasteiger partial charge in [0.1, 0.15) is 0 Å². The third-order valence-electron chi connectivity index (χ3n) is 3.66. The molecule has 0 unspecified atom stereocenters. The molecule has 0 atom stereocenters. The molecule has 0 bridgehead atoms. The fourth-order valence-electron chi connectivity index (χ4n) is 2.41. The van der Waals surface area contributed by atoms with Crippen molar-refractivity contribution in [2.75, 3.05) is 0 Å². The summed E-state index contributed by atoms with van der Waals surface area (Å²) in [6.07, 6.45) is 11.2. The first-order valence-electron chi connectivity index (χ1n) is 5.77. The summed E-state index contributed by atoms with van der Waals surface area (Å²) in [6.45, 7) is 2.20. The Kier molecular flexibility index (Phi) is 4.20. The predicted octanol–water partition coefficient (Wildman–Crippen LogP) is 3.07. The smallest absolute Gasteiger partial charge is 0.309 e. The van der Waals surface area contributed by atoms with Crippen molar-refractivity contribution in [1.29, 1.82) is 0 Å². The minimum Gasteiger partial charge on any atom is -0.481 e. The molecule has 0 spiro atoms. The molecule has 1 aliphatic carbocycles. The number of hydrogen-bond acceptors (Lipinski definition) is 1. The monoisotopic (exact) mass is 208 g/mol. The number of hydrogen-bond donors (Lipinski definition) is 1. The number of unbranched alkanes of at least 4 members (excludes halogenated alkanes) is 1. The number of carboxylic acid groups (broad SMARTS) is 1. The number of terminal acetylenes is 1. The first kappa shape index (κ1) is 12.1. The third kappa shape index (κ3) is 2.99. The van der Waals surface area contributed by atoms with Crippen LogP contribution in [0.4, 0.5) is 0 Å². The van der Waals surface area contributed by atoms with Gasteiger partial charge in [-0.3, -0.25) is 4.79 Å². The van der Waals surface area contributed by atoms with Crippen LogP contribution in [0.3, 0.4) is 0 Å². The topological polar surface area (TPSA) is 37.3 Å². The molecule has 1 rings (SSSR count). The highest BCUT2D eigenvalue weighted by molar-refractivity contribution is 5.74. The molecule has 1 saturated carbocycles. The Morgan fingerprint density at radius 3 is 2.60 bits per heavy atom. The van der Waals surface area contributed by atoms with Gasteiger partial charge in [-0.2, -0.15) is 0 Å². The van der Waals surface area contributed by atoms with Gasteiger partial charge in [0.25, 0.3) is 0 Å². The van der Waals surface area contributed by atoms with Crippen molar-refractivity contribution < 1.29 is 9.90 Å². The summed E-state index contributed by atoms with van der Waals surface area (Å²) in [4.78, 5) is 11.3. The minimum absolute atomic E-state index is 0.469. The van der Waals surface area contributed by atoms with E-state index in [0.29, 0.717) is 12.3 Å². The molecule has 2 heteroatoms. The van der Waals surface area contributed by atoms with E-state index in [1.165, 1.54) is 0 Å². The molecule has 0 aromatic carbocycles. The number of carboxylic acids is 1. The van der Waals surface area contributed by atoms with Gasteiger partial charge in [0.15, 0.2) is 0 Å². The van der Waals surface area contributed by atoms with E-state index in [0.717, 1.165) is 38.5 Å². The van der Waals surface area contributed by atoms with Crippen LogP contribution in [0.15, 0.2) is 0 Å². The third-order valence-corrected chi connectivity index (χ3v) is 3.66. The molecule has 0 amide bonds. The molecule has 84 valence electrons. The lowest BCUT2D eigenvalue weighted by Crippen LogP contribution is -2.35. The van der Waals surface area contributed by atoms with Gasteiger partial charge in [-0.15, -0.1) is 12.3 Å².